The molecule has 0 atom stereocenters. The molecular formula is C24H23N3O5. The fourth-order valence-corrected chi connectivity index (χ4v) is 3.41. The highest BCUT2D eigenvalue weighted by atomic mass is 16.5. The first kappa shape index (κ1) is 21.0. The second kappa shape index (κ2) is 9.30. The van der Waals surface area contributed by atoms with E-state index in [-0.39, 0.29) is 24.7 Å². The van der Waals surface area contributed by atoms with Crippen molar-refractivity contribution < 1.29 is 18.7 Å². The van der Waals surface area contributed by atoms with Gasteiger partial charge in [-0.05, 0) is 47.9 Å². The third-order valence-corrected chi connectivity index (χ3v) is 5.05. The molecule has 4 aromatic rings. The topological polar surface area (TPSA) is 96.8 Å². The Morgan fingerprint density at radius 3 is 2.62 bits per heavy atom. The van der Waals surface area contributed by atoms with Crippen LogP contribution in [0.2, 0.25) is 0 Å². The summed E-state index contributed by atoms with van der Waals surface area (Å²) in [6.45, 7) is 0.271. The molecule has 0 bridgehead atoms. The van der Waals surface area contributed by atoms with Crippen molar-refractivity contribution in [3.63, 3.8) is 0 Å². The molecule has 0 fully saturated rings. The van der Waals surface area contributed by atoms with Gasteiger partial charge in [-0.25, -0.2) is 4.79 Å². The number of fused-ring (bicyclic) bond motifs is 1. The Morgan fingerprint density at radius 1 is 1.03 bits per heavy atom. The molecule has 0 aliphatic carbocycles. The summed E-state index contributed by atoms with van der Waals surface area (Å²) in [5.74, 6) is 1.79. The predicted octanol–water partition coefficient (Wildman–Crippen LogP) is 4.37. The number of aromatic nitrogens is 1. The zero-order valence-electron chi connectivity index (χ0n) is 17.8. The third kappa shape index (κ3) is 4.59. The summed E-state index contributed by atoms with van der Waals surface area (Å²) >= 11 is 0. The highest BCUT2D eigenvalue weighted by Crippen LogP contribution is 2.24. The van der Waals surface area contributed by atoms with Crippen LogP contribution in [0.25, 0.3) is 10.9 Å². The molecule has 0 aliphatic heterocycles. The monoisotopic (exact) mass is 433 g/mol. The van der Waals surface area contributed by atoms with E-state index in [2.05, 4.69) is 10.3 Å². The maximum Gasteiger partial charge on any atom is 0.322 e. The van der Waals surface area contributed by atoms with Gasteiger partial charge in [-0.2, -0.15) is 0 Å². The average molecular weight is 433 g/mol. The zero-order valence-corrected chi connectivity index (χ0v) is 17.8. The Morgan fingerprint density at radius 2 is 1.88 bits per heavy atom. The number of nitrogens with zero attached hydrogens (tertiary/aromatic N) is 1. The summed E-state index contributed by atoms with van der Waals surface area (Å²) in [6.07, 6.45) is 1.54. The molecular weight excluding hydrogens is 410 g/mol. The lowest BCUT2D eigenvalue weighted by atomic mass is 10.1. The second-order valence-corrected chi connectivity index (χ2v) is 7.14. The van der Waals surface area contributed by atoms with Crippen LogP contribution in [0.3, 0.4) is 0 Å². The lowest BCUT2D eigenvalue weighted by molar-refractivity contribution is 0.201. The van der Waals surface area contributed by atoms with E-state index in [0.717, 1.165) is 5.39 Å². The van der Waals surface area contributed by atoms with E-state index in [9.17, 15) is 9.59 Å². The van der Waals surface area contributed by atoms with Crippen LogP contribution in [0, 0.1) is 0 Å². The van der Waals surface area contributed by atoms with E-state index < -0.39 is 0 Å². The number of rotatable bonds is 7. The van der Waals surface area contributed by atoms with Crippen LogP contribution < -0.4 is 20.3 Å². The van der Waals surface area contributed by atoms with Crippen molar-refractivity contribution in [3.8, 4) is 11.5 Å². The number of ether oxygens (including phenoxy) is 2. The van der Waals surface area contributed by atoms with Crippen LogP contribution in [-0.4, -0.2) is 30.1 Å². The molecule has 2 aromatic carbocycles. The lowest BCUT2D eigenvalue weighted by Crippen LogP contribution is -2.35. The Balaban J connectivity index is 1.64. The highest BCUT2D eigenvalue weighted by Gasteiger charge is 2.19. The van der Waals surface area contributed by atoms with Gasteiger partial charge in [-0.15, -0.1) is 0 Å². The number of nitrogens with one attached hydrogen (secondary N) is 2. The number of hydrogen-bond acceptors (Lipinski definition) is 5. The number of para-hydroxylation sites is 2. The molecule has 8 heteroatoms. The molecule has 0 saturated heterocycles. The molecule has 164 valence electrons. The van der Waals surface area contributed by atoms with E-state index in [4.69, 9.17) is 13.9 Å². The fourth-order valence-electron chi connectivity index (χ4n) is 3.41. The zero-order chi connectivity index (χ0) is 22.5. The summed E-state index contributed by atoms with van der Waals surface area (Å²) in [7, 11) is 3.11. The molecule has 0 unspecified atom stereocenters. The van der Waals surface area contributed by atoms with Crippen LogP contribution >= 0.6 is 0 Å². The predicted molar refractivity (Wildman–Crippen MR) is 121 cm³/mol. The van der Waals surface area contributed by atoms with Crippen molar-refractivity contribution in [2.24, 2.45) is 0 Å². The SMILES string of the molecule is COc1ccc2cc(CN(Cc3ccco3)C(=O)Nc3ccccc3OC)c(=O)[nH]c2c1. The summed E-state index contributed by atoms with van der Waals surface area (Å²) in [4.78, 5) is 30.3. The van der Waals surface area contributed by atoms with Crippen LogP contribution in [-0.2, 0) is 13.1 Å². The van der Waals surface area contributed by atoms with Crippen LogP contribution in [0.5, 0.6) is 11.5 Å². The van der Waals surface area contributed by atoms with Crippen molar-refractivity contribution in [1.29, 1.82) is 0 Å². The summed E-state index contributed by atoms with van der Waals surface area (Å²) < 4.78 is 16.0. The van der Waals surface area contributed by atoms with E-state index in [1.54, 1.807) is 55.8 Å². The van der Waals surface area contributed by atoms with Crippen molar-refractivity contribution >= 4 is 22.6 Å². The van der Waals surface area contributed by atoms with Gasteiger partial charge in [0.15, 0.2) is 0 Å². The first-order valence-corrected chi connectivity index (χ1v) is 9.98. The quantitative estimate of drug-likeness (QED) is 0.451. The van der Waals surface area contributed by atoms with Gasteiger partial charge in [-0.3, -0.25) is 4.79 Å². The third-order valence-electron chi connectivity index (χ3n) is 5.05. The summed E-state index contributed by atoms with van der Waals surface area (Å²) in [6, 6.07) is 17.5. The van der Waals surface area contributed by atoms with Crippen LogP contribution in [0.4, 0.5) is 10.5 Å². The molecule has 2 N–H and O–H groups in total. The normalized spacial score (nSPS) is 10.7. The maximum absolute atomic E-state index is 13.2. The largest absolute Gasteiger partial charge is 0.497 e. The van der Waals surface area contributed by atoms with E-state index in [0.29, 0.717) is 34.0 Å². The summed E-state index contributed by atoms with van der Waals surface area (Å²) in [5.41, 5.74) is 1.36. The molecule has 2 aromatic heterocycles. The van der Waals surface area contributed by atoms with Gasteiger partial charge in [0.2, 0.25) is 0 Å². The minimum absolute atomic E-state index is 0.0823. The fraction of sp³-hybridized carbons (Fsp3) is 0.167. The molecule has 32 heavy (non-hydrogen) atoms. The number of pyridine rings is 1. The Labute approximate surface area is 184 Å². The van der Waals surface area contributed by atoms with Gasteiger partial charge < -0.3 is 29.1 Å². The van der Waals surface area contributed by atoms with Crippen molar-refractivity contribution in [2.45, 2.75) is 13.1 Å². The maximum atomic E-state index is 13.2. The lowest BCUT2D eigenvalue weighted by Gasteiger charge is -2.23. The van der Waals surface area contributed by atoms with Crippen LogP contribution in [0.1, 0.15) is 11.3 Å². The van der Waals surface area contributed by atoms with E-state index in [1.165, 1.54) is 12.0 Å². The number of benzene rings is 2. The number of anilines is 1. The summed E-state index contributed by atoms with van der Waals surface area (Å²) in [5, 5.41) is 3.69. The molecule has 2 amide bonds. The average Bonchev–Trinajstić information content (AvgIpc) is 3.32. The van der Waals surface area contributed by atoms with E-state index >= 15 is 0 Å². The van der Waals surface area contributed by atoms with Gasteiger partial charge in [0.05, 0.1) is 44.8 Å². The van der Waals surface area contributed by atoms with E-state index in [1.807, 2.05) is 18.2 Å². The van der Waals surface area contributed by atoms with Crippen molar-refractivity contribution in [1.82, 2.24) is 9.88 Å². The Bertz CT molecular complexity index is 1280. The van der Waals surface area contributed by atoms with Crippen molar-refractivity contribution in [2.75, 3.05) is 19.5 Å². The molecule has 2 heterocycles. The minimum Gasteiger partial charge on any atom is -0.497 e. The number of carbonyl (C=O) groups is 1. The molecule has 4 rings (SSSR count). The standard InChI is InChI=1S/C24H23N3O5/c1-30-18-10-9-16-12-17(23(28)25-21(16)13-18)14-27(15-19-6-5-11-32-19)24(29)26-20-7-3-4-8-22(20)31-2/h3-13H,14-15H2,1-2H3,(H,25,28)(H,26,29). The first-order chi connectivity index (χ1) is 15.6. The number of furan rings is 1. The Kier molecular flexibility index (Phi) is 6.12. The van der Waals surface area contributed by atoms with Gasteiger partial charge in [0.25, 0.3) is 5.56 Å². The number of carbonyl (C=O) groups excluding carboxylic acids is 1. The van der Waals surface area contributed by atoms with Crippen molar-refractivity contribution in [3.05, 3.63) is 88.6 Å². The number of hydrogen-bond donors (Lipinski definition) is 2. The second-order valence-electron chi connectivity index (χ2n) is 7.14. The number of amides is 2. The van der Waals surface area contributed by atoms with Gasteiger partial charge >= 0.3 is 6.03 Å². The van der Waals surface area contributed by atoms with Crippen LogP contribution in [0.15, 0.2) is 76.1 Å². The minimum atomic E-state index is -0.389. The number of urea groups is 1. The molecule has 0 spiro atoms. The number of methoxy groups -OCH3 is 2. The molecule has 0 radical (unpaired) electrons. The number of aromatic amines is 1. The molecule has 0 saturated carbocycles. The van der Waals surface area contributed by atoms with Gasteiger partial charge in [0.1, 0.15) is 17.3 Å². The molecule has 0 aliphatic rings. The highest BCUT2D eigenvalue weighted by molar-refractivity contribution is 5.91. The smallest absolute Gasteiger partial charge is 0.322 e. The number of H-pyrrole nitrogens is 1. The first-order valence-electron chi connectivity index (χ1n) is 9.98. The van der Waals surface area contributed by atoms with Gasteiger partial charge in [0, 0.05) is 11.6 Å². The molecule has 8 nitrogen and oxygen atoms in total. The van der Waals surface area contributed by atoms with Gasteiger partial charge in [-0.1, -0.05) is 12.1 Å². The Hall–Kier alpha value is -4.20.